The van der Waals surface area contributed by atoms with Crippen molar-refractivity contribution in [2.24, 2.45) is 52.1 Å². The zero-order valence-electron chi connectivity index (χ0n) is 58.2. The highest BCUT2D eigenvalue weighted by Gasteiger charge is 2.60. The van der Waals surface area contributed by atoms with Gasteiger partial charge in [-0.15, -0.1) is 0 Å². The molecule has 0 aromatic heterocycles. The second-order valence-corrected chi connectivity index (χ2v) is 31.6. The third-order valence-corrected chi connectivity index (χ3v) is 24.6. The molecule has 0 radical (unpaired) electrons. The second-order valence-electron chi connectivity index (χ2n) is 28.1. The van der Waals surface area contributed by atoms with Crippen molar-refractivity contribution in [3.8, 4) is 0 Å². The van der Waals surface area contributed by atoms with Gasteiger partial charge in [0.25, 0.3) is 0 Å². The summed E-state index contributed by atoms with van der Waals surface area (Å²) in [6, 6.07) is 5.52. The SMILES string of the molecule is CNC(CCCCN)C(=O)NC(CCCCNS(=O)(=O)c1ccc(B(O)O)cc1)C(=O)O.CNC(CCCCNC(=O)CCC(NC(=O)CCC(C)C1CCC2C3CC[C@H]4C[C@@H](O)CC[C@@]4(C)C3CC[C@@]12C)C(=O)O)C(=O)NC(CCCCNS(=O)(=O)c1ccc(B(O)O)cc1)C(=O)O. The predicted octanol–water partition coefficient (Wildman–Crippen LogP) is 1.15. The number of nitrogens with two attached hydrogens (primary N) is 1. The lowest BCUT2D eigenvalue weighted by molar-refractivity contribution is -0.142. The Bertz CT molecular complexity index is 3160. The van der Waals surface area contributed by atoms with Crippen molar-refractivity contribution < 1.29 is 90.9 Å². The molecule has 4 fully saturated rings. The smallest absolute Gasteiger partial charge is 0.480 e. The third kappa shape index (κ3) is 25.1. The number of aliphatic carboxylic acids is 3. The molecule has 10 unspecified atom stereocenters. The first-order chi connectivity index (χ1) is 46.8. The molecule has 2 aromatic carbocycles. The standard InChI is InChI=1S/C48H78BN5O12S.C19H33BN4O7S/c1-30(36-18-19-37-35-17-12-31-29-33(55)23-25-47(31,2)38(35)24-26-48(36,37)3)11-21-43(57)53-41(46(61)62)20-22-42(56)51-27-7-5-9-39(50-4)44(58)54-40(45(59)60)10-6-8-28-52-67(65,66)34-15-13-32(14-16-34)49(63)64;1-22-16(6-2-4-12-21)18(25)24-17(19(26)27)7-3-5-13-23-32(30,31)15-10-8-14(9-11-15)20(28)29/h13-16,30-31,33,35-41,50,52,55,63-64H,5-12,17-29H2,1-4H3,(H,51,56)(H,53,57)(H,54,58)(H,59,60)(H,61,62);8-11,16-17,22-23,28-29H,2-7,12-13,21H2,1H3,(H,24,25)(H,26,27)/t30?,31-,33-,35?,36?,37?,38?,39?,40?,41?,47+,48-;/m0./s1. The summed E-state index contributed by atoms with van der Waals surface area (Å²) >= 11 is 0. The molecule has 0 aliphatic heterocycles. The molecule has 0 spiro atoms. The molecule has 4 aliphatic carbocycles. The summed E-state index contributed by atoms with van der Waals surface area (Å²) < 4.78 is 54.5. The Hall–Kier alpha value is -5.64. The molecule has 556 valence electrons. The summed E-state index contributed by atoms with van der Waals surface area (Å²) in [6.07, 6.45) is 16.0. The van der Waals surface area contributed by atoms with Crippen LogP contribution in [0.25, 0.3) is 0 Å². The van der Waals surface area contributed by atoms with Crippen LogP contribution in [-0.2, 0) is 53.6 Å². The Morgan fingerprint density at radius 1 is 0.525 bits per heavy atom. The predicted molar refractivity (Wildman–Crippen MR) is 374 cm³/mol. The van der Waals surface area contributed by atoms with E-state index >= 15 is 0 Å². The summed E-state index contributed by atoms with van der Waals surface area (Å²) in [6.45, 7) is 8.18. The number of aliphatic hydroxyl groups is 1. The topological polar surface area (TPSA) is 472 Å². The zero-order valence-corrected chi connectivity index (χ0v) is 59.8. The van der Waals surface area contributed by atoms with Gasteiger partial charge in [0.1, 0.15) is 18.1 Å². The van der Waals surface area contributed by atoms with E-state index < -0.39 is 94.2 Å². The van der Waals surface area contributed by atoms with E-state index in [4.69, 9.17) is 15.8 Å². The molecule has 4 amide bonds. The van der Waals surface area contributed by atoms with Gasteiger partial charge in [-0.2, -0.15) is 0 Å². The molecule has 99 heavy (non-hydrogen) atoms. The van der Waals surface area contributed by atoms with Crippen molar-refractivity contribution >= 4 is 86.7 Å². The number of carbonyl (C=O) groups excluding carboxylic acids is 4. The lowest BCUT2D eigenvalue weighted by Gasteiger charge is -2.61. The molecule has 6 rings (SSSR count). The molecule has 28 nitrogen and oxygen atoms in total. The van der Waals surface area contributed by atoms with Gasteiger partial charge < -0.3 is 78.2 Å². The summed E-state index contributed by atoms with van der Waals surface area (Å²) in [5.74, 6) is -1.52. The number of unbranched alkanes of at least 4 members (excludes halogenated alkanes) is 4. The molecule has 0 saturated heterocycles. The van der Waals surface area contributed by atoms with Crippen LogP contribution in [0.1, 0.15) is 181 Å². The zero-order chi connectivity index (χ0) is 73.3. The fraction of sp³-hybridized carbons (Fsp3) is 0.716. The lowest BCUT2D eigenvalue weighted by atomic mass is 9.44. The molecule has 4 aliphatic rings. The number of likely N-dealkylation sites (N-methyl/N-ethyl adjacent to an activating group) is 2. The largest absolute Gasteiger partial charge is 0.488 e. The summed E-state index contributed by atoms with van der Waals surface area (Å²) in [4.78, 5) is 86.5. The number of amides is 4. The Kier molecular flexibility index (Phi) is 34.2. The van der Waals surface area contributed by atoms with Gasteiger partial charge in [0.2, 0.25) is 43.7 Å². The van der Waals surface area contributed by atoms with Gasteiger partial charge in [-0.3, -0.25) is 19.2 Å². The van der Waals surface area contributed by atoms with Gasteiger partial charge in [0.15, 0.2) is 0 Å². The molecule has 2 aromatic rings. The van der Waals surface area contributed by atoms with Crippen LogP contribution in [-0.4, -0.2) is 190 Å². The molecular formula is C67H111B2N9O19S2. The average molecular weight is 1430 g/mol. The number of carboxylic acid groups (broad SMARTS) is 3. The number of aliphatic hydroxyl groups excluding tert-OH is 1. The lowest BCUT2D eigenvalue weighted by Crippen LogP contribution is -2.54. The van der Waals surface area contributed by atoms with Gasteiger partial charge >= 0.3 is 32.1 Å². The van der Waals surface area contributed by atoms with Crippen molar-refractivity contribution in [2.75, 3.05) is 40.3 Å². The number of sulfonamides is 2. The van der Waals surface area contributed by atoms with E-state index in [1.54, 1.807) is 14.1 Å². The van der Waals surface area contributed by atoms with Gasteiger partial charge in [-0.05, 0) is 243 Å². The number of hydrogen-bond acceptors (Lipinski definition) is 19. The van der Waals surface area contributed by atoms with Crippen molar-refractivity contribution in [3.63, 3.8) is 0 Å². The summed E-state index contributed by atoms with van der Waals surface area (Å²) in [7, 11) is -7.85. The molecule has 14 atom stereocenters. The molecule has 32 heteroatoms. The first-order valence-electron chi connectivity index (χ1n) is 35.3. The Balaban J connectivity index is 0.000000463. The van der Waals surface area contributed by atoms with E-state index in [-0.39, 0.29) is 95.8 Å². The Morgan fingerprint density at radius 2 is 0.960 bits per heavy atom. The quantitative estimate of drug-likeness (QED) is 0.0327. The van der Waals surface area contributed by atoms with E-state index in [9.17, 15) is 80.9 Å². The highest BCUT2D eigenvalue weighted by Crippen LogP contribution is 2.68. The average Bonchev–Trinajstić information content (AvgIpc) is 1.70. The maximum atomic E-state index is 13.1. The number of hydrogen-bond donors (Lipinski definition) is 17. The van der Waals surface area contributed by atoms with Crippen molar-refractivity contribution in [3.05, 3.63) is 48.5 Å². The van der Waals surface area contributed by atoms with Crippen LogP contribution < -0.4 is 58.0 Å². The van der Waals surface area contributed by atoms with Crippen molar-refractivity contribution in [1.82, 2.24) is 41.3 Å². The highest BCUT2D eigenvalue weighted by atomic mass is 32.2. The summed E-state index contributed by atoms with van der Waals surface area (Å²) in [5.41, 5.74) is 6.34. The minimum absolute atomic E-state index is 0.0229. The molecule has 18 N–H and O–H groups in total. The fourth-order valence-electron chi connectivity index (χ4n) is 15.9. The number of nitrogens with one attached hydrogen (secondary N) is 8. The number of fused-ring (bicyclic) bond motifs is 5. The van der Waals surface area contributed by atoms with Gasteiger partial charge in [0, 0.05) is 32.5 Å². The number of carbonyl (C=O) groups is 7. The molecule has 4 saturated carbocycles. The van der Waals surface area contributed by atoms with Gasteiger partial charge in [-0.25, -0.2) is 40.7 Å². The van der Waals surface area contributed by atoms with Crippen LogP contribution in [0.2, 0.25) is 0 Å². The van der Waals surface area contributed by atoms with Crippen LogP contribution in [0.5, 0.6) is 0 Å². The maximum Gasteiger partial charge on any atom is 0.488 e. The van der Waals surface area contributed by atoms with E-state index in [0.29, 0.717) is 93.4 Å². The monoisotopic (exact) mass is 1430 g/mol. The van der Waals surface area contributed by atoms with Crippen LogP contribution in [0.4, 0.5) is 0 Å². The second kappa shape index (κ2) is 40.3. The third-order valence-electron chi connectivity index (χ3n) is 21.7. The minimum Gasteiger partial charge on any atom is -0.480 e. The first-order valence-corrected chi connectivity index (χ1v) is 38.3. The maximum absolute atomic E-state index is 13.1. The highest BCUT2D eigenvalue weighted by molar-refractivity contribution is 7.89. The number of rotatable bonds is 42. The van der Waals surface area contributed by atoms with Crippen LogP contribution >= 0.6 is 0 Å². The fourth-order valence-corrected chi connectivity index (χ4v) is 18.0. The van der Waals surface area contributed by atoms with Crippen LogP contribution in [0.15, 0.2) is 58.3 Å². The molecular weight excluding hydrogens is 1320 g/mol. The summed E-state index contributed by atoms with van der Waals surface area (Å²) in [5, 5.41) is 92.2. The molecule has 0 bridgehead atoms. The van der Waals surface area contributed by atoms with Crippen molar-refractivity contribution in [1.29, 1.82) is 0 Å². The minimum atomic E-state index is -3.87. The molecule has 0 heterocycles. The van der Waals surface area contributed by atoms with E-state index in [1.165, 1.54) is 80.6 Å². The Morgan fingerprint density at radius 3 is 1.42 bits per heavy atom. The number of benzene rings is 2. The van der Waals surface area contributed by atoms with E-state index in [0.717, 1.165) is 50.4 Å². The van der Waals surface area contributed by atoms with Crippen LogP contribution in [0.3, 0.4) is 0 Å². The van der Waals surface area contributed by atoms with E-state index in [2.05, 4.69) is 62.1 Å². The first kappa shape index (κ1) is 84.0. The van der Waals surface area contributed by atoms with E-state index in [1.807, 2.05) is 0 Å². The Labute approximate surface area is 584 Å². The number of carboxylic acids is 3. The van der Waals surface area contributed by atoms with Gasteiger partial charge in [0.05, 0.1) is 28.0 Å². The van der Waals surface area contributed by atoms with Crippen molar-refractivity contribution in [2.45, 2.75) is 227 Å². The normalized spacial score (nSPS) is 23.7. The van der Waals surface area contributed by atoms with Crippen LogP contribution in [0, 0.1) is 46.3 Å². The van der Waals surface area contributed by atoms with Gasteiger partial charge in [-0.1, -0.05) is 51.5 Å².